The predicted molar refractivity (Wildman–Crippen MR) is 137 cm³/mol. The number of nitrogens with zero attached hydrogens (tertiary/aromatic N) is 3. The molecule has 200 valence electrons. The van der Waals surface area contributed by atoms with Crippen LogP contribution in [-0.4, -0.2) is 60.4 Å². The summed E-state index contributed by atoms with van der Waals surface area (Å²) in [6, 6.07) is 2.29. The van der Waals surface area contributed by atoms with Gasteiger partial charge in [0.15, 0.2) is 23.1 Å². The number of hydrogen-bond donors (Lipinski definition) is 2. The van der Waals surface area contributed by atoms with Gasteiger partial charge in [0.1, 0.15) is 0 Å². The second-order valence-corrected chi connectivity index (χ2v) is 9.45. The summed E-state index contributed by atoms with van der Waals surface area (Å²) in [5.41, 5.74) is 1.000. The van der Waals surface area contributed by atoms with Crippen molar-refractivity contribution in [3.8, 4) is 22.8 Å². The molecule has 0 unspecified atom stereocenters. The molecule has 2 atom stereocenters. The van der Waals surface area contributed by atoms with E-state index >= 15 is 8.78 Å². The molecule has 1 saturated carbocycles. The predicted octanol–water partition coefficient (Wildman–Crippen LogP) is 3.81. The fraction of sp³-hybridized carbons (Fsp3) is 0.407. The third kappa shape index (κ3) is 5.24. The van der Waals surface area contributed by atoms with E-state index in [1.807, 2.05) is 0 Å². The van der Waals surface area contributed by atoms with E-state index < -0.39 is 11.6 Å². The highest BCUT2D eigenvalue weighted by Gasteiger charge is 2.29. The van der Waals surface area contributed by atoms with E-state index in [-0.39, 0.29) is 40.7 Å². The average molecular weight is 526 g/mol. The number of benzene rings is 1. The van der Waals surface area contributed by atoms with Crippen LogP contribution in [0.1, 0.15) is 25.0 Å². The number of carbonyl (C=O) groups is 1. The van der Waals surface area contributed by atoms with E-state index in [0.29, 0.717) is 54.5 Å². The minimum atomic E-state index is -0.862. The fourth-order valence-corrected chi connectivity index (χ4v) is 4.61. The maximum Gasteiger partial charge on any atom is 0.243 e. The van der Waals surface area contributed by atoms with Crippen molar-refractivity contribution in [2.24, 2.45) is 5.92 Å². The van der Waals surface area contributed by atoms with Gasteiger partial charge < -0.3 is 24.8 Å². The van der Waals surface area contributed by atoms with Gasteiger partial charge in [0.25, 0.3) is 0 Å². The molecule has 1 aliphatic carbocycles. The molecule has 1 saturated heterocycles. The molecule has 11 heteroatoms. The van der Waals surface area contributed by atoms with Crippen molar-refractivity contribution in [1.29, 1.82) is 0 Å². The molecular formula is C27H29F2N5O4. The van der Waals surface area contributed by atoms with E-state index in [0.717, 1.165) is 12.8 Å². The Bertz CT molecular complexity index is 1350. The van der Waals surface area contributed by atoms with Crippen molar-refractivity contribution >= 4 is 22.8 Å². The van der Waals surface area contributed by atoms with Crippen molar-refractivity contribution in [3.05, 3.63) is 48.3 Å². The first kappa shape index (κ1) is 25.8. The van der Waals surface area contributed by atoms with E-state index in [9.17, 15) is 4.79 Å². The molecular weight excluding hydrogens is 496 g/mol. The normalized spacial score (nSPS) is 19.2. The summed E-state index contributed by atoms with van der Waals surface area (Å²) in [4.78, 5) is 25.7. The molecule has 2 aliphatic rings. The highest BCUT2D eigenvalue weighted by molar-refractivity contribution is 5.87. The van der Waals surface area contributed by atoms with Gasteiger partial charge in [-0.2, -0.15) is 0 Å². The number of pyridine rings is 1. The van der Waals surface area contributed by atoms with Gasteiger partial charge in [-0.1, -0.05) is 6.58 Å². The first-order valence-electron chi connectivity index (χ1n) is 12.5. The van der Waals surface area contributed by atoms with Crippen LogP contribution in [-0.2, 0) is 16.0 Å². The quantitative estimate of drug-likeness (QED) is 0.406. The molecule has 2 aromatic heterocycles. The molecule has 1 amide bonds. The Morgan fingerprint density at radius 2 is 1.87 bits per heavy atom. The van der Waals surface area contributed by atoms with Crippen LogP contribution < -0.4 is 20.1 Å². The zero-order valence-electron chi connectivity index (χ0n) is 21.2. The van der Waals surface area contributed by atoms with Crippen LogP contribution >= 0.6 is 0 Å². The smallest absolute Gasteiger partial charge is 0.243 e. The molecule has 0 spiro atoms. The number of hydrogen-bond acceptors (Lipinski definition) is 8. The highest BCUT2D eigenvalue weighted by atomic mass is 19.1. The number of aromatic nitrogens is 3. The highest BCUT2D eigenvalue weighted by Crippen LogP contribution is 2.39. The second kappa shape index (κ2) is 10.9. The van der Waals surface area contributed by atoms with Crippen LogP contribution in [0.3, 0.4) is 0 Å². The lowest BCUT2D eigenvalue weighted by molar-refractivity contribution is -0.117. The summed E-state index contributed by atoms with van der Waals surface area (Å²) in [7, 11) is 2.61. The van der Waals surface area contributed by atoms with Gasteiger partial charge in [0, 0.05) is 24.3 Å². The first-order valence-corrected chi connectivity index (χ1v) is 12.5. The maximum absolute atomic E-state index is 15.3. The number of fused-ring (bicyclic) bond motifs is 1. The van der Waals surface area contributed by atoms with Crippen molar-refractivity contribution < 1.29 is 27.8 Å². The maximum atomic E-state index is 15.3. The first-order chi connectivity index (χ1) is 18.4. The number of halogens is 2. The number of rotatable bonds is 9. The molecule has 9 nitrogen and oxygen atoms in total. The molecule has 38 heavy (non-hydrogen) atoms. The topological polar surface area (TPSA) is 107 Å². The van der Waals surface area contributed by atoms with Gasteiger partial charge in [0.2, 0.25) is 11.9 Å². The zero-order chi connectivity index (χ0) is 26.8. The Labute approximate surface area is 218 Å². The van der Waals surface area contributed by atoms with Crippen molar-refractivity contribution in [2.45, 2.75) is 37.8 Å². The van der Waals surface area contributed by atoms with Gasteiger partial charge in [-0.05, 0) is 43.7 Å². The van der Waals surface area contributed by atoms with Crippen LogP contribution in [0.5, 0.6) is 11.5 Å². The standard InChI is InChI=1S/C27H29F2N5O4/c1-4-22(35)32-16-7-8-38-13-19(16)33-27-30-12-15-10-17(31-18(26(15)34-27)9-14-5-6-14)23-24(28)20(36-2)11-21(37-3)25(23)29/h4,10-12,14,16,19H,1,5-9,13H2,2-3H3,(H,32,35)(H,30,33,34)/t16-,19+/m0/s1. The summed E-state index contributed by atoms with van der Waals surface area (Å²) in [5.74, 6) is -1.50. The summed E-state index contributed by atoms with van der Waals surface area (Å²) in [5, 5.41) is 6.77. The third-order valence-electron chi connectivity index (χ3n) is 6.83. The minimum Gasteiger partial charge on any atom is -0.494 e. The summed E-state index contributed by atoms with van der Waals surface area (Å²) < 4.78 is 46.3. The largest absolute Gasteiger partial charge is 0.494 e. The third-order valence-corrected chi connectivity index (χ3v) is 6.83. The monoisotopic (exact) mass is 525 g/mol. The summed E-state index contributed by atoms with van der Waals surface area (Å²) in [6.45, 7) is 4.40. The molecule has 1 aromatic carbocycles. The van der Waals surface area contributed by atoms with Gasteiger partial charge >= 0.3 is 0 Å². The summed E-state index contributed by atoms with van der Waals surface area (Å²) in [6.07, 6.45) is 6.20. The van der Waals surface area contributed by atoms with Crippen LogP contribution in [0.25, 0.3) is 22.2 Å². The molecule has 3 heterocycles. The number of anilines is 1. The molecule has 1 aliphatic heterocycles. The van der Waals surface area contributed by atoms with Gasteiger partial charge in [0.05, 0.1) is 55.4 Å². The van der Waals surface area contributed by atoms with Crippen LogP contribution in [0, 0.1) is 17.6 Å². The van der Waals surface area contributed by atoms with E-state index in [2.05, 4.69) is 27.2 Å². The van der Waals surface area contributed by atoms with Gasteiger partial charge in [-0.25, -0.2) is 18.7 Å². The van der Waals surface area contributed by atoms with Crippen LogP contribution in [0.2, 0.25) is 0 Å². The van der Waals surface area contributed by atoms with Crippen LogP contribution in [0.15, 0.2) is 31.0 Å². The number of carbonyl (C=O) groups excluding carboxylic acids is 1. The second-order valence-electron chi connectivity index (χ2n) is 9.45. The Morgan fingerprint density at radius 1 is 1.13 bits per heavy atom. The minimum absolute atomic E-state index is 0.109. The molecule has 2 N–H and O–H groups in total. The van der Waals surface area contributed by atoms with Crippen molar-refractivity contribution in [2.75, 3.05) is 32.8 Å². The van der Waals surface area contributed by atoms with Gasteiger partial charge in [-0.15, -0.1) is 0 Å². The van der Waals surface area contributed by atoms with E-state index in [1.165, 1.54) is 26.4 Å². The SMILES string of the molecule is C=CC(=O)N[C@H]1CCOC[C@H]1Nc1ncc2cc(-c3c(F)c(OC)cc(OC)c3F)nc(CC3CC3)c2n1. The number of nitrogens with one attached hydrogen (secondary N) is 2. The van der Waals surface area contributed by atoms with E-state index in [4.69, 9.17) is 19.2 Å². The number of amides is 1. The lowest BCUT2D eigenvalue weighted by Crippen LogP contribution is -2.52. The average Bonchev–Trinajstić information content (AvgIpc) is 3.74. The van der Waals surface area contributed by atoms with Crippen molar-refractivity contribution in [3.63, 3.8) is 0 Å². The Morgan fingerprint density at radius 3 is 2.53 bits per heavy atom. The molecule has 5 rings (SSSR count). The number of ether oxygens (including phenoxy) is 3. The Hall–Kier alpha value is -3.86. The molecule has 0 radical (unpaired) electrons. The Kier molecular flexibility index (Phi) is 7.37. The number of methoxy groups -OCH3 is 2. The summed E-state index contributed by atoms with van der Waals surface area (Å²) >= 11 is 0. The molecule has 0 bridgehead atoms. The Balaban J connectivity index is 1.54. The fourth-order valence-electron chi connectivity index (χ4n) is 4.61. The lowest BCUT2D eigenvalue weighted by Gasteiger charge is -2.32. The van der Waals surface area contributed by atoms with E-state index in [1.54, 1.807) is 12.3 Å². The van der Waals surface area contributed by atoms with Gasteiger partial charge in [-0.3, -0.25) is 9.78 Å². The molecule has 3 aromatic rings. The van der Waals surface area contributed by atoms with Crippen LogP contribution in [0.4, 0.5) is 14.7 Å². The van der Waals surface area contributed by atoms with Crippen molar-refractivity contribution in [1.82, 2.24) is 20.3 Å². The molecule has 2 fully saturated rings. The lowest BCUT2D eigenvalue weighted by atomic mass is 10.0. The zero-order valence-corrected chi connectivity index (χ0v) is 21.2.